The fourth-order valence-electron chi connectivity index (χ4n) is 1.94. The normalized spacial score (nSPS) is 27.1. The van der Waals surface area contributed by atoms with Crippen LogP contribution in [-0.4, -0.2) is 36.8 Å². The van der Waals surface area contributed by atoms with Crippen LogP contribution < -0.4 is 5.73 Å². The van der Waals surface area contributed by atoms with Gasteiger partial charge in [-0.05, 0) is 13.0 Å². The second kappa shape index (κ2) is 3.76. The lowest BCUT2D eigenvalue weighted by Gasteiger charge is -2.22. The molecule has 0 spiro atoms. The Balaban J connectivity index is 2.02. The minimum atomic E-state index is -0.667. The molecular weight excluding hydrogens is 234 g/mol. The zero-order valence-electron chi connectivity index (χ0n) is 9.82. The Kier molecular flexibility index (Phi) is 2.32. The van der Waals surface area contributed by atoms with Gasteiger partial charge in [-0.25, -0.2) is 15.0 Å². The summed E-state index contributed by atoms with van der Waals surface area (Å²) in [7, 11) is 0. The van der Waals surface area contributed by atoms with Gasteiger partial charge in [-0.2, -0.15) is 0 Å². The third-order valence-corrected chi connectivity index (χ3v) is 2.98. The highest BCUT2D eigenvalue weighted by Crippen LogP contribution is 2.31. The van der Waals surface area contributed by atoms with Gasteiger partial charge < -0.3 is 15.6 Å². The first kappa shape index (κ1) is 11.1. The van der Waals surface area contributed by atoms with E-state index in [9.17, 15) is 5.11 Å². The van der Waals surface area contributed by atoms with E-state index in [1.165, 1.54) is 6.33 Å². The maximum absolute atomic E-state index is 9.25. The molecule has 0 unspecified atom stereocenters. The molecule has 0 bridgehead atoms. The Morgan fingerprint density at radius 2 is 2.33 bits per heavy atom. The summed E-state index contributed by atoms with van der Waals surface area (Å²) in [6, 6.07) is 0. The average Bonchev–Trinajstić information content (AvgIpc) is 2.94. The van der Waals surface area contributed by atoms with E-state index in [1.807, 2.05) is 19.1 Å². The lowest BCUT2D eigenvalue weighted by molar-refractivity contribution is -0.0701. The third-order valence-electron chi connectivity index (χ3n) is 2.98. The van der Waals surface area contributed by atoms with Crippen LogP contribution >= 0.6 is 0 Å². The topological polar surface area (TPSA) is 99.1 Å². The number of rotatable bonds is 2. The Labute approximate surface area is 103 Å². The maximum Gasteiger partial charge on any atom is 0.167 e. The van der Waals surface area contributed by atoms with Crippen molar-refractivity contribution in [3.8, 4) is 0 Å². The van der Waals surface area contributed by atoms with Gasteiger partial charge in [-0.15, -0.1) is 0 Å². The molecule has 94 valence electrons. The quantitative estimate of drug-likeness (QED) is 0.738. The zero-order valence-corrected chi connectivity index (χ0v) is 9.82. The molecule has 0 amide bonds. The molecule has 7 nitrogen and oxygen atoms in total. The highest BCUT2D eigenvalue weighted by molar-refractivity contribution is 5.81. The fraction of sp³-hybridized carbons (Fsp3) is 0.364. The summed E-state index contributed by atoms with van der Waals surface area (Å²) in [5.41, 5.74) is 6.21. The van der Waals surface area contributed by atoms with Crippen molar-refractivity contribution in [2.24, 2.45) is 0 Å². The van der Waals surface area contributed by atoms with E-state index in [1.54, 1.807) is 10.9 Å². The van der Waals surface area contributed by atoms with E-state index in [0.717, 1.165) is 0 Å². The number of nitrogen functional groups attached to an aromatic ring is 1. The summed E-state index contributed by atoms with van der Waals surface area (Å²) in [5, 5.41) is 9.25. The third kappa shape index (κ3) is 1.56. The van der Waals surface area contributed by atoms with Gasteiger partial charge in [0, 0.05) is 0 Å². The number of fused-ring (bicyclic) bond motifs is 1. The SMILES string of the molecule is C[C@@]1(CO)C=C[C@H](n2cnc3c(N)ncnc32)O1. The molecular formula is C11H13N5O2. The molecule has 0 aliphatic carbocycles. The minimum absolute atomic E-state index is 0.0796. The molecule has 0 saturated carbocycles. The van der Waals surface area contributed by atoms with E-state index in [-0.39, 0.29) is 12.8 Å². The van der Waals surface area contributed by atoms with E-state index >= 15 is 0 Å². The second-order valence-electron chi connectivity index (χ2n) is 4.42. The molecule has 3 heterocycles. The van der Waals surface area contributed by atoms with Crippen molar-refractivity contribution in [3.05, 3.63) is 24.8 Å². The lowest BCUT2D eigenvalue weighted by atomic mass is 10.1. The van der Waals surface area contributed by atoms with Crippen LogP contribution in [0.2, 0.25) is 0 Å². The number of hydrogen-bond acceptors (Lipinski definition) is 6. The van der Waals surface area contributed by atoms with Crippen molar-refractivity contribution in [1.29, 1.82) is 0 Å². The van der Waals surface area contributed by atoms with Crippen molar-refractivity contribution < 1.29 is 9.84 Å². The summed E-state index contributed by atoms with van der Waals surface area (Å²) in [5.74, 6) is 0.339. The molecule has 2 atom stereocenters. The van der Waals surface area contributed by atoms with E-state index in [0.29, 0.717) is 17.0 Å². The van der Waals surface area contributed by atoms with Gasteiger partial charge in [0.05, 0.1) is 12.9 Å². The van der Waals surface area contributed by atoms with Crippen LogP contribution in [0.25, 0.3) is 11.2 Å². The molecule has 0 fully saturated rings. The van der Waals surface area contributed by atoms with E-state index in [4.69, 9.17) is 10.5 Å². The monoisotopic (exact) mass is 247 g/mol. The summed E-state index contributed by atoms with van der Waals surface area (Å²) in [6.07, 6.45) is 6.33. The first-order valence-corrected chi connectivity index (χ1v) is 5.54. The largest absolute Gasteiger partial charge is 0.393 e. The average molecular weight is 247 g/mol. The number of aromatic nitrogens is 4. The molecule has 1 aliphatic rings. The highest BCUT2D eigenvalue weighted by atomic mass is 16.5. The number of anilines is 1. The minimum Gasteiger partial charge on any atom is -0.393 e. The second-order valence-corrected chi connectivity index (χ2v) is 4.42. The van der Waals surface area contributed by atoms with Crippen LogP contribution in [0.4, 0.5) is 5.82 Å². The van der Waals surface area contributed by atoms with Crippen molar-refractivity contribution in [3.63, 3.8) is 0 Å². The van der Waals surface area contributed by atoms with Crippen LogP contribution in [0.5, 0.6) is 0 Å². The van der Waals surface area contributed by atoms with E-state index in [2.05, 4.69) is 15.0 Å². The number of nitrogens with zero attached hydrogens (tertiary/aromatic N) is 4. The van der Waals surface area contributed by atoms with Crippen molar-refractivity contribution in [1.82, 2.24) is 19.5 Å². The molecule has 2 aromatic rings. The lowest BCUT2D eigenvalue weighted by Crippen LogP contribution is -2.28. The zero-order chi connectivity index (χ0) is 12.8. The molecule has 3 rings (SSSR count). The summed E-state index contributed by atoms with van der Waals surface area (Å²) >= 11 is 0. The maximum atomic E-state index is 9.25. The first-order chi connectivity index (χ1) is 8.63. The van der Waals surface area contributed by atoms with Gasteiger partial charge in [0.1, 0.15) is 17.4 Å². The number of ether oxygens (including phenoxy) is 1. The van der Waals surface area contributed by atoms with Crippen LogP contribution in [0.1, 0.15) is 13.2 Å². The predicted octanol–water partition coefficient (Wildman–Crippen LogP) is 0.244. The Hall–Kier alpha value is -1.99. The van der Waals surface area contributed by atoms with E-state index < -0.39 is 5.60 Å². The Bertz CT molecular complexity index is 623. The number of hydrogen-bond donors (Lipinski definition) is 2. The van der Waals surface area contributed by atoms with Crippen molar-refractivity contribution in [2.45, 2.75) is 18.8 Å². The molecule has 2 aromatic heterocycles. The number of imidazole rings is 1. The highest BCUT2D eigenvalue weighted by Gasteiger charge is 2.31. The Morgan fingerprint density at radius 1 is 1.50 bits per heavy atom. The Morgan fingerprint density at radius 3 is 3.06 bits per heavy atom. The standard InChI is InChI=1S/C11H13N5O2/c1-11(4-17)3-2-7(18-11)16-6-15-8-9(12)13-5-14-10(8)16/h2-3,5-7,17H,4H2,1H3,(H2,12,13,14)/t7-,11+/m1/s1. The summed E-state index contributed by atoms with van der Waals surface area (Å²) in [6.45, 7) is 1.73. The molecule has 18 heavy (non-hydrogen) atoms. The van der Waals surface area contributed by atoms with Crippen molar-refractivity contribution >= 4 is 17.0 Å². The van der Waals surface area contributed by atoms with Gasteiger partial charge in [0.15, 0.2) is 17.7 Å². The summed E-state index contributed by atoms with van der Waals surface area (Å²) in [4.78, 5) is 12.2. The predicted molar refractivity (Wildman–Crippen MR) is 64.5 cm³/mol. The van der Waals surface area contributed by atoms with Crippen molar-refractivity contribution in [2.75, 3.05) is 12.3 Å². The van der Waals surface area contributed by atoms with Gasteiger partial charge in [0.2, 0.25) is 0 Å². The molecule has 0 aromatic carbocycles. The summed E-state index contributed by atoms with van der Waals surface area (Å²) < 4.78 is 7.51. The van der Waals surface area contributed by atoms with Gasteiger partial charge in [0.25, 0.3) is 0 Å². The van der Waals surface area contributed by atoms with Gasteiger partial charge >= 0.3 is 0 Å². The van der Waals surface area contributed by atoms with Crippen LogP contribution in [0.3, 0.4) is 0 Å². The number of aliphatic hydroxyl groups is 1. The molecule has 0 saturated heterocycles. The smallest absolute Gasteiger partial charge is 0.167 e. The molecule has 1 aliphatic heterocycles. The molecule has 7 heteroatoms. The van der Waals surface area contributed by atoms with Gasteiger partial charge in [-0.3, -0.25) is 4.57 Å². The fourth-order valence-corrected chi connectivity index (χ4v) is 1.94. The van der Waals surface area contributed by atoms with Crippen LogP contribution in [0, 0.1) is 0 Å². The molecule has 0 radical (unpaired) electrons. The molecule has 3 N–H and O–H groups in total. The van der Waals surface area contributed by atoms with Gasteiger partial charge in [-0.1, -0.05) is 6.08 Å². The number of aliphatic hydroxyl groups excluding tert-OH is 1. The first-order valence-electron chi connectivity index (χ1n) is 5.54. The number of nitrogens with two attached hydrogens (primary N) is 1. The van der Waals surface area contributed by atoms with Crippen LogP contribution in [-0.2, 0) is 4.74 Å². The van der Waals surface area contributed by atoms with Crippen LogP contribution in [0.15, 0.2) is 24.8 Å².